The number of esters is 1. The first-order valence-electron chi connectivity index (χ1n) is 3.13. The molecule has 0 aromatic carbocycles. The molecular formula is C6H3F7O2. The van der Waals surface area contributed by atoms with Crippen molar-refractivity contribution < 1.29 is 40.3 Å². The summed E-state index contributed by atoms with van der Waals surface area (Å²) >= 11 is 0. The highest BCUT2D eigenvalue weighted by molar-refractivity contribution is 5.81. The maximum Gasteiger partial charge on any atom is 0.476 e. The van der Waals surface area contributed by atoms with E-state index >= 15 is 0 Å². The van der Waals surface area contributed by atoms with E-state index in [0.29, 0.717) is 0 Å². The van der Waals surface area contributed by atoms with Crippen LogP contribution >= 0.6 is 0 Å². The molecule has 0 saturated heterocycles. The second kappa shape index (κ2) is 3.70. The number of alkyl halides is 7. The second-order valence-corrected chi connectivity index (χ2v) is 2.21. The Kier molecular flexibility index (Phi) is 3.39. The van der Waals surface area contributed by atoms with Crippen molar-refractivity contribution in [2.45, 2.75) is 18.2 Å². The summed E-state index contributed by atoms with van der Waals surface area (Å²) in [5.41, 5.74) is 0. The van der Waals surface area contributed by atoms with Crippen LogP contribution in [-0.2, 0) is 9.53 Å². The summed E-state index contributed by atoms with van der Waals surface area (Å²) in [6.45, 7) is 2.55. The largest absolute Gasteiger partial charge is 0.476 e. The summed E-state index contributed by atoms with van der Waals surface area (Å²) in [6.07, 6.45) is -12.5. The summed E-state index contributed by atoms with van der Waals surface area (Å²) in [7, 11) is 0. The van der Waals surface area contributed by atoms with Crippen molar-refractivity contribution in [3.63, 3.8) is 0 Å². The molecule has 0 N–H and O–H groups in total. The lowest BCUT2D eigenvalue weighted by molar-refractivity contribution is -0.411. The van der Waals surface area contributed by atoms with Crippen LogP contribution in [0.15, 0.2) is 12.7 Å². The molecule has 0 amide bonds. The first kappa shape index (κ1) is 13.7. The van der Waals surface area contributed by atoms with Crippen molar-refractivity contribution in [3.8, 4) is 0 Å². The van der Waals surface area contributed by atoms with Gasteiger partial charge in [-0.1, -0.05) is 6.58 Å². The van der Waals surface area contributed by atoms with E-state index in [9.17, 15) is 35.5 Å². The summed E-state index contributed by atoms with van der Waals surface area (Å²) in [5, 5.41) is 0. The Morgan fingerprint density at radius 2 is 1.47 bits per heavy atom. The molecule has 0 spiro atoms. The molecule has 9 heteroatoms. The van der Waals surface area contributed by atoms with Crippen LogP contribution in [0.3, 0.4) is 0 Å². The molecule has 0 aliphatic rings. The molecule has 0 heterocycles. The van der Waals surface area contributed by atoms with Gasteiger partial charge in [0.2, 0.25) is 0 Å². The number of rotatable bonds is 3. The smallest absolute Gasteiger partial charge is 0.393 e. The number of hydrogen-bond acceptors (Lipinski definition) is 2. The van der Waals surface area contributed by atoms with E-state index in [1.54, 1.807) is 0 Å². The quantitative estimate of drug-likeness (QED) is 0.430. The Hall–Kier alpha value is -1.28. The van der Waals surface area contributed by atoms with Gasteiger partial charge in [0.25, 0.3) is 0 Å². The molecule has 0 unspecified atom stereocenters. The Bertz CT molecular complexity index is 267. The van der Waals surface area contributed by atoms with Crippen molar-refractivity contribution in [1.82, 2.24) is 0 Å². The lowest BCUT2D eigenvalue weighted by Gasteiger charge is -2.26. The van der Waals surface area contributed by atoms with Crippen LogP contribution in [0, 0.1) is 0 Å². The number of carbonyl (C=O) groups is 1. The summed E-state index contributed by atoms with van der Waals surface area (Å²) in [6, 6.07) is 0. The molecule has 0 fully saturated rings. The van der Waals surface area contributed by atoms with Crippen LogP contribution in [-0.4, -0.2) is 24.2 Å². The monoisotopic (exact) mass is 240 g/mol. The Labute approximate surface area is 78.3 Å². The highest BCUT2D eigenvalue weighted by Crippen LogP contribution is 2.46. The predicted molar refractivity (Wildman–Crippen MR) is 32.2 cm³/mol. The molecule has 15 heavy (non-hydrogen) atoms. The molecule has 2 nitrogen and oxygen atoms in total. The summed E-state index contributed by atoms with van der Waals surface area (Å²) < 4.78 is 85.3. The molecule has 0 radical (unpaired) electrons. The van der Waals surface area contributed by atoms with E-state index in [0.717, 1.165) is 0 Å². The topological polar surface area (TPSA) is 26.3 Å². The lowest BCUT2D eigenvalue weighted by Crippen LogP contribution is -2.53. The van der Waals surface area contributed by atoms with Gasteiger partial charge in [-0.25, -0.2) is 4.79 Å². The van der Waals surface area contributed by atoms with Crippen molar-refractivity contribution in [3.05, 3.63) is 12.7 Å². The molecule has 0 bridgehead atoms. The molecular weight excluding hydrogens is 237 g/mol. The maximum atomic E-state index is 12.2. The van der Waals surface area contributed by atoms with E-state index in [1.807, 2.05) is 0 Å². The minimum absolute atomic E-state index is 0.0281. The van der Waals surface area contributed by atoms with E-state index in [2.05, 4.69) is 11.3 Å². The number of carbonyl (C=O) groups excluding carboxylic acids is 1. The molecule has 0 atom stereocenters. The molecule has 0 rings (SSSR count). The zero-order chi connectivity index (χ0) is 12.5. The third kappa shape index (κ3) is 2.60. The minimum Gasteiger partial charge on any atom is -0.393 e. The van der Waals surface area contributed by atoms with Gasteiger partial charge in [-0.2, -0.15) is 30.7 Å². The number of halogens is 7. The fourth-order valence-corrected chi connectivity index (χ4v) is 0.397. The van der Waals surface area contributed by atoms with Gasteiger partial charge in [0.15, 0.2) is 0 Å². The number of ether oxygens (including phenoxy) is 1. The van der Waals surface area contributed by atoms with E-state index < -0.39 is 24.2 Å². The van der Waals surface area contributed by atoms with Crippen molar-refractivity contribution in [2.75, 3.05) is 0 Å². The number of hydrogen-bond donors (Lipinski definition) is 0. The summed E-state index contributed by atoms with van der Waals surface area (Å²) in [5.74, 6) is -8.55. The molecule has 88 valence electrons. The van der Waals surface area contributed by atoms with Crippen LogP contribution in [0.1, 0.15) is 0 Å². The van der Waals surface area contributed by atoms with Gasteiger partial charge in [0.1, 0.15) is 0 Å². The van der Waals surface area contributed by atoms with Crippen LogP contribution < -0.4 is 0 Å². The van der Waals surface area contributed by atoms with Crippen LogP contribution in [0.4, 0.5) is 30.7 Å². The van der Waals surface area contributed by atoms with Crippen LogP contribution in [0.5, 0.6) is 0 Å². The average Bonchev–Trinajstić information content (AvgIpc) is 2.00. The predicted octanol–water partition coefficient (Wildman–Crippen LogP) is 2.51. The first-order chi connectivity index (χ1) is 6.45. The summed E-state index contributed by atoms with van der Waals surface area (Å²) in [4.78, 5) is 10.1. The van der Waals surface area contributed by atoms with Gasteiger partial charge in [-0.05, 0) is 0 Å². The standard InChI is InChI=1S/C6H3F7O2/c1-2-3(14)15-6(12,13)4(7,8)5(9,10)11/h2H,1H2. The SMILES string of the molecule is C=CC(=O)OC(F)(F)C(F)(F)C(F)(F)F. The maximum absolute atomic E-state index is 12.2. The Morgan fingerprint density at radius 1 is 1.07 bits per heavy atom. The van der Waals surface area contributed by atoms with Gasteiger partial charge in [-0.15, -0.1) is 0 Å². The van der Waals surface area contributed by atoms with Crippen molar-refractivity contribution >= 4 is 5.97 Å². The fraction of sp³-hybridized carbons (Fsp3) is 0.500. The van der Waals surface area contributed by atoms with E-state index in [1.165, 1.54) is 0 Å². The zero-order valence-electron chi connectivity index (χ0n) is 6.75. The molecule has 0 saturated carbocycles. The Balaban J connectivity index is 5.01. The molecule has 0 aromatic heterocycles. The third-order valence-corrected chi connectivity index (χ3v) is 1.12. The Morgan fingerprint density at radius 3 is 1.73 bits per heavy atom. The van der Waals surface area contributed by atoms with Gasteiger partial charge in [-0.3, -0.25) is 0 Å². The van der Waals surface area contributed by atoms with Gasteiger partial charge >= 0.3 is 24.2 Å². The van der Waals surface area contributed by atoms with E-state index in [4.69, 9.17) is 0 Å². The average molecular weight is 240 g/mol. The van der Waals surface area contributed by atoms with Gasteiger partial charge in [0.05, 0.1) is 0 Å². The van der Waals surface area contributed by atoms with Crippen molar-refractivity contribution in [2.24, 2.45) is 0 Å². The van der Waals surface area contributed by atoms with Gasteiger partial charge in [0, 0.05) is 6.08 Å². The molecule has 0 aliphatic heterocycles. The second-order valence-electron chi connectivity index (χ2n) is 2.21. The fourth-order valence-electron chi connectivity index (χ4n) is 0.397. The minimum atomic E-state index is -6.53. The van der Waals surface area contributed by atoms with Crippen LogP contribution in [0.2, 0.25) is 0 Å². The first-order valence-corrected chi connectivity index (χ1v) is 3.13. The normalized spacial score (nSPS) is 13.5. The molecule has 0 aliphatic carbocycles. The van der Waals surface area contributed by atoms with E-state index in [-0.39, 0.29) is 6.08 Å². The van der Waals surface area contributed by atoms with Crippen LogP contribution in [0.25, 0.3) is 0 Å². The highest BCUT2D eigenvalue weighted by atomic mass is 19.4. The van der Waals surface area contributed by atoms with Crippen molar-refractivity contribution in [1.29, 1.82) is 0 Å². The highest BCUT2D eigenvalue weighted by Gasteiger charge is 2.76. The zero-order valence-corrected chi connectivity index (χ0v) is 6.75. The lowest BCUT2D eigenvalue weighted by atomic mass is 10.3. The van der Waals surface area contributed by atoms with Gasteiger partial charge < -0.3 is 4.74 Å². The third-order valence-electron chi connectivity index (χ3n) is 1.12. The molecule has 0 aromatic rings.